The van der Waals surface area contributed by atoms with Crippen LogP contribution in [0.5, 0.6) is 0 Å². The Hall–Kier alpha value is -2.39. The van der Waals surface area contributed by atoms with E-state index in [0.29, 0.717) is 10.6 Å². The molecule has 0 amide bonds. The summed E-state index contributed by atoms with van der Waals surface area (Å²) in [6, 6.07) is 16.4. The van der Waals surface area contributed by atoms with Crippen LogP contribution in [0.3, 0.4) is 0 Å². The predicted octanol–water partition coefficient (Wildman–Crippen LogP) is 1.93. The van der Waals surface area contributed by atoms with Gasteiger partial charge in [0.15, 0.2) is 7.14 Å². The summed E-state index contributed by atoms with van der Waals surface area (Å²) in [6.45, 7) is 0. The minimum atomic E-state index is -3.62. The van der Waals surface area contributed by atoms with E-state index in [2.05, 4.69) is 0 Å². The van der Waals surface area contributed by atoms with Crippen LogP contribution in [0.2, 0.25) is 0 Å². The van der Waals surface area contributed by atoms with Crippen LogP contribution in [0.15, 0.2) is 60.7 Å². The van der Waals surface area contributed by atoms with Gasteiger partial charge in [0.1, 0.15) is 5.66 Å². The van der Waals surface area contributed by atoms with Crippen LogP contribution >= 0.6 is 7.14 Å². The van der Waals surface area contributed by atoms with Gasteiger partial charge in [0, 0.05) is 10.6 Å². The molecule has 0 aliphatic carbocycles. The molecule has 0 saturated carbocycles. The molecule has 0 fully saturated rings. The lowest BCUT2D eigenvalue weighted by Gasteiger charge is -2.24. The van der Waals surface area contributed by atoms with E-state index in [1.165, 1.54) is 0 Å². The Morgan fingerprint density at radius 2 is 1.27 bits per heavy atom. The lowest BCUT2D eigenvalue weighted by Crippen LogP contribution is -2.33. The summed E-state index contributed by atoms with van der Waals surface area (Å²) in [7, 11) is -3.62. The molecule has 0 aliphatic rings. The lowest BCUT2D eigenvalue weighted by atomic mass is 10.3. The number of carbonyl (C=O) groups is 2. The number of rotatable bonds is 6. The van der Waals surface area contributed by atoms with Crippen molar-refractivity contribution in [1.29, 1.82) is 0 Å². The number of benzene rings is 2. The van der Waals surface area contributed by atoms with Gasteiger partial charge in [-0.15, -0.1) is 0 Å². The van der Waals surface area contributed by atoms with E-state index in [1.54, 1.807) is 60.7 Å². The number of carboxylic acid groups (broad SMARTS) is 2. The van der Waals surface area contributed by atoms with E-state index < -0.39 is 31.2 Å². The van der Waals surface area contributed by atoms with Gasteiger partial charge in [0.05, 0.1) is 6.42 Å². The first kappa shape index (κ1) is 16.0. The van der Waals surface area contributed by atoms with Gasteiger partial charge in [-0.2, -0.15) is 0 Å². The summed E-state index contributed by atoms with van der Waals surface area (Å²) in [4.78, 5) is 22.6. The molecule has 22 heavy (non-hydrogen) atoms. The summed E-state index contributed by atoms with van der Waals surface area (Å²) in [5.74, 6) is -2.67. The Bertz CT molecular complexity index is 668. The fourth-order valence-electron chi connectivity index (χ4n) is 2.34. The Morgan fingerprint density at radius 3 is 1.59 bits per heavy atom. The third-order valence-corrected chi connectivity index (χ3v) is 6.78. The number of carboxylic acids is 2. The second-order valence-electron chi connectivity index (χ2n) is 4.78. The van der Waals surface area contributed by atoms with E-state index in [0.717, 1.165) is 0 Å². The predicted molar refractivity (Wildman–Crippen MR) is 83.4 cm³/mol. The van der Waals surface area contributed by atoms with Crippen LogP contribution in [0, 0.1) is 0 Å². The molecule has 0 saturated heterocycles. The fourth-order valence-corrected chi connectivity index (χ4v) is 5.32. The zero-order chi connectivity index (χ0) is 16.2. The van der Waals surface area contributed by atoms with Gasteiger partial charge in [-0.3, -0.25) is 9.59 Å². The molecule has 2 aromatic carbocycles. The summed E-state index contributed by atoms with van der Waals surface area (Å²) in [5.41, 5.74) is -1.50. The summed E-state index contributed by atoms with van der Waals surface area (Å²) in [6.07, 6.45) is -0.698. The average molecular weight is 318 g/mol. The highest BCUT2D eigenvalue weighted by Gasteiger charge is 2.42. The van der Waals surface area contributed by atoms with Crippen molar-refractivity contribution in [2.75, 3.05) is 0 Å². The van der Waals surface area contributed by atoms with E-state index in [-0.39, 0.29) is 0 Å². The number of hydrogen-bond donors (Lipinski definition) is 2. The summed E-state index contributed by atoms with van der Waals surface area (Å²) < 4.78 is 13.6. The van der Waals surface area contributed by atoms with E-state index in [1.807, 2.05) is 0 Å². The Morgan fingerprint density at radius 1 is 0.864 bits per heavy atom. The first-order valence-electron chi connectivity index (χ1n) is 6.62. The lowest BCUT2D eigenvalue weighted by molar-refractivity contribution is -0.143. The number of aliphatic carboxylic acids is 2. The largest absolute Gasteiger partial charge is 0.481 e. The van der Waals surface area contributed by atoms with E-state index in [4.69, 9.17) is 5.11 Å². The fraction of sp³-hybridized carbons (Fsp3) is 0.125. The van der Waals surface area contributed by atoms with Crippen molar-refractivity contribution >= 4 is 29.7 Å². The van der Waals surface area contributed by atoms with E-state index in [9.17, 15) is 19.3 Å². The van der Waals surface area contributed by atoms with Gasteiger partial charge in [0.2, 0.25) is 0 Å². The molecule has 0 radical (unpaired) electrons. The summed E-state index contributed by atoms with van der Waals surface area (Å²) in [5, 5.41) is 19.1. The van der Waals surface area contributed by atoms with Crippen molar-refractivity contribution in [3.63, 3.8) is 0 Å². The smallest absolute Gasteiger partial charge is 0.315 e. The molecule has 0 bridgehead atoms. The summed E-state index contributed by atoms with van der Waals surface area (Å²) >= 11 is 0. The Kier molecular flexibility index (Phi) is 4.78. The highest BCUT2D eigenvalue weighted by Crippen LogP contribution is 2.50. The van der Waals surface area contributed by atoms with Crippen LogP contribution in [-0.4, -0.2) is 27.8 Å². The van der Waals surface area contributed by atoms with Gasteiger partial charge >= 0.3 is 11.9 Å². The Balaban J connectivity index is 2.67. The maximum atomic E-state index is 13.6. The maximum absolute atomic E-state index is 13.6. The molecule has 1 atom stereocenters. The minimum absolute atomic E-state index is 0.342. The SMILES string of the molecule is O=C(O)C[C@@H](C(=O)O)P(=O)(c1ccccc1)c1ccccc1. The minimum Gasteiger partial charge on any atom is -0.481 e. The monoisotopic (exact) mass is 318 g/mol. The molecular formula is C16H15O5P. The van der Waals surface area contributed by atoms with Gasteiger partial charge in [-0.05, 0) is 0 Å². The zero-order valence-corrected chi connectivity index (χ0v) is 12.5. The highest BCUT2D eigenvalue weighted by atomic mass is 31.2. The first-order chi connectivity index (χ1) is 10.5. The maximum Gasteiger partial charge on any atom is 0.315 e. The molecule has 0 heterocycles. The van der Waals surface area contributed by atoms with Crippen molar-refractivity contribution in [1.82, 2.24) is 0 Å². The average Bonchev–Trinajstić information content (AvgIpc) is 2.53. The van der Waals surface area contributed by atoms with Crippen molar-refractivity contribution in [2.24, 2.45) is 0 Å². The van der Waals surface area contributed by atoms with Crippen molar-refractivity contribution in [3.8, 4) is 0 Å². The molecule has 2 rings (SSSR count). The molecular weight excluding hydrogens is 303 g/mol. The molecule has 0 aromatic heterocycles. The van der Waals surface area contributed by atoms with Gasteiger partial charge < -0.3 is 14.8 Å². The Labute approximate surface area is 127 Å². The van der Waals surface area contributed by atoms with Crippen molar-refractivity contribution in [2.45, 2.75) is 12.1 Å². The first-order valence-corrected chi connectivity index (χ1v) is 8.39. The van der Waals surface area contributed by atoms with Gasteiger partial charge in [0.25, 0.3) is 0 Å². The topological polar surface area (TPSA) is 91.7 Å². The molecule has 2 N–H and O–H groups in total. The van der Waals surface area contributed by atoms with Crippen LogP contribution in [0.25, 0.3) is 0 Å². The highest BCUT2D eigenvalue weighted by molar-refractivity contribution is 7.80. The normalized spacial score (nSPS) is 12.5. The van der Waals surface area contributed by atoms with E-state index >= 15 is 0 Å². The van der Waals surface area contributed by atoms with Gasteiger partial charge in [-0.1, -0.05) is 60.7 Å². The molecule has 0 spiro atoms. The quantitative estimate of drug-likeness (QED) is 0.794. The van der Waals surface area contributed by atoms with Crippen LogP contribution in [-0.2, 0) is 14.2 Å². The second kappa shape index (κ2) is 6.58. The molecule has 2 aromatic rings. The van der Waals surface area contributed by atoms with Crippen LogP contribution in [0.1, 0.15) is 6.42 Å². The molecule has 114 valence electrons. The molecule has 5 nitrogen and oxygen atoms in total. The van der Waals surface area contributed by atoms with Crippen LogP contribution in [0.4, 0.5) is 0 Å². The standard InChI is InChI=1S/C16H15O5P/c17-15(18)11-14(16(19)20)22(21,12-7-3-1-4-8-12)13-9-5-2-6-10-13/h1-10,14H,11H2,(H,17,18)(H,19,20)/t14-/m0/s1. The molecule has 0 unspecified atom stereocenters. The van der Waals surface area contributed by atoms with Crippen LogP contribution < -0.4 is 10.6 Å². The van der Waals surface area contributed by atoms with Crippen molar-refractivity contribution < 1.29 is 24.4 Å². The van der Waals surface area contributed by atoms with Gasteiger partial charge in [-0.25, -0.2) is 0 Å². The number of hydrogen-bond acceptors (Lipinski definition) is 3. The molecule has 0 aliphatic heterocycles. The third-order valence-electron chi connectivity index (χ3n) is 3.37. The molecule has 6 heteroatoms. The second-order valence-corrected chi connectivity index (χ2v) is 7.75. The van der Waals surface area contributed by atoms with Crippen molar-refractivity contribution in [3.05, 3.63) is 60.7 Å². The zero-order valence-electron chi connectivity index (χ0n) is 11.6. The third kappa shape index (κ3) is 3.10.